The number of nitrogens with zero attached hydrogens (tertiary/aromatic N) is 5. The maximum Gasteiger partial charge on any atom is 0.322 e. The summed E-state index contributed by atoms with van der Waals surface area (Å²) in [6.07, 6.45) is 0. The summed E-state index contributed by atoms with van der Waals surface area (Å²) in [5.41, 5.74) is 2.36. The van der Waals surface area contributed by atoms with Crippen molar-refractivity contribution in [2.45, 2.75) is 24.8 Å². The fraction of sp³-hybridized carbons (Fsp3) is 0.300. The Morgan fingerprint density at radius 3 is 2.19 bits per heavy atom. The fourth-order valence-corrected chi connectivity index (χ4v) is 4.15. The van der Waals surface area contributed by atoms with E-state index in [1.165, 1.54) is 29.1 Å². The summed E-state index contributed by atoms with van der Waals surface area (Å²) in [4.78, 5) is 14.5. The van der Waals surface area contributed by atoms with E-state index in [0.717, 1.165) is 11.3 Å². The van der Waals surface area contributed by atoms with Gasteiger partial charge in [-0.2, -0.15) is 4.72 Å². The molecule has 1 unspecified atom stereocenters. The monoisotopic (exact) mass is 444 g/mol. The number of carbonyl (C=O) groups is 1. The van der Waals surface area contributed by atoms with E-state index in [0.29, 0.717) is 11.5 Å². The average molecular weight is 445 g/mol. The quantitative estimate of drug-likeness (QED) is 0.538. The number of aliphatic carboxylic acids is 1. The largest absolute Gasteiger partial charge is 0.480 e. The maximum absolute atomic E-state index is 12.5. The van der Waals surface area contributed by atoms with E-state index >= 15 is 0 Å². The topological polar surface area (TPSA) is 130 Å². The molecule has 3 rings (SSSR count). The van der Waals surface area contributed by atoms with E-state index in [1.54, 1.807) is 13.8 Å². The van der Waals surface area contributed by atoms with Gasteiger partial charge in [0.25, 0.3) is 0 Å². The minimum Gasteiger partial charge on any atom is -0.480 e. The van der Waals surface area contributed by atoms with E-state index in [2.05, 4.69) is 20.1 Å². The first-order valence-corrected chi connectivity index (χ1v) is 11.0. The van der Waals surface area contributed by atoms with Crippen molar-refractivity contribution in [3.05, 3.63) is 48.5 Å². The molecule has 31 heavy (non-hydrogen) atoms. The summed E-state index contributed by atoms with van der Waals surface area (Å²) >= 11 is 0. The second-order valence-electron chi connectivity index (χ2n) is 7.52. The number of carboxylic acids is 1. The molecule has 1 aromatic heterocycles. The summed E-state index contributed by atoms with van der Waals surface area (Å²) in [5.74, 6) is -1.20. The number of hydrogen-bond acceptors (Lipinski definition) is 7. The third-order valence-electron chi connectivity index (χ3n) is 4.65. The molecule has 1 atom stereocenters. The fourth-order valence-electron chi connectivity index (χ4n) is 2.81. The van der Waals surface area contributed by atoms with Crippen molar-refractivity contribution in [1.29, 1.82) is 0 Å². The van der Waals surface area contributed by atoms with Gasteiger partial charge in [-0.15, -0.1) is 15.0 Å². The minimum absolute atomic E-state index is 0.0530. The zero-order valence-electron chi connectivity index (χ0n) is 17.6. The molecule has 0 saturated carbocycles. The number of aromatic nitrogens is 4. The lowest BCUT2D eigenvalue weighted by atomic mass is 10.1. The van der Waals surface area contributed by atoms with Crippen LogP contribution in [-0.4, -0.2) is 59.8 Å². The standard InChI is InChI=1S/C20H24N6O4S/c1-13(2)18(20(27)28)23-31(29,30)17-11-9-16(10-12-17)26-22-19(21-24-26)14-5-7-15(8-6-14)25(3)4/h5-13,18,23H,1-4H3,(H,27,28). The third-order valence-corrected chi connectivity index (χ3v) is 6.11. The van der Waals surface area contributed by atoms with E-state index < -0.39 is 28.0 Å². The molecule has 0 radical (unpaired) electrons. The molecule has 11 heteroatoms. The molecule has 0 saturated heterocycles. The van der Waals surface area contributed by atoms with Crippen molar-refractivity contribution < 1.29 is 18.3 Å². The highest BCUT2D eigenvalue weighted by Crippen LogP contribution is 2.20. The summed E-state index contributed by atoms with van der Waals surface area (Å²) in [6, 6.07) is 12.3. The van der Waals surface area contributed by atoms with Gasteiger partial charge in [0.05, 0.1) is 10.6 Å². The second-order valence-corrected chi connectivity index (χ2v) is 9.23. The number of tetrazole rings is 1. The van der Waals surface area contributed by atoms with Crippen molar-refractivity contribution >= 4 is 21.7 Å². The van der Waals surface area contributed by atoms with Crippen molar-refractivity contribution in [3.63, 3.8) is 0 Å². The van der Waals surface area contributed by atoms with Crippen LogP contribution in [0.4, 0.5) is 5.69 Å². The zero-order valence-corrected chi connectivity index (χ0v) is 18.4. The van der Waals surface area contributed by atoms with Crippen LogP contribution in [0.5, 0.6) is 0 Å². The van der Waals surface area contributed by atoms with Crippen LogP contribution in [0.3, 0.4) is 0 Å². The molecule has 3 aromatic rings. The highest BCUT2D eigenvalue weighted by molar-refractivity contribution is 7.89. The smallest absolute Gasteiger partial charge is 0.322 e. The summed E-state index contributed by atoms with van der Waals surface area (Å²) in [7, 11) is -0.0940. The Morgan fingerprint density at radius 2 is 1.68 bits per heavy atom. The lowest BCUT2D eigenvalue weighted by molar-refractivity contribution is -0.140. The minimum atomic E-state index is -4.00. The van der Waals surface area contributed by atoms with Gasteiger partial charge in [0.1, 0.15) is 6.04 Å². The Bertz CT molecular complexity index is 1160. The number of rotatable bonds is 8. The van der Waals surface area contributed by atoms with E-state index in [4.69, 9.17) is 0 Å². The molecule has 10 nitrogen and oxygen atoms in total. The van der Waals surface area contributed by atoms with Crippen LogP contribution >= 0.6 is 0 Å². The molecular weight excluding hydrogens is 420 g/mol. The lowest BCUT2D eigenvalue weighted by Crippen LogP contribution is -2.44. The Balaban J connectivity index is 1.80. The lowest BCUT2D eigenvalue weighted by Gasteiger charge is -2.18. The van der Waals surface area contributed by atoms with Crippen molar-refractivity contribution in [2.24, 2.45) is 5.92 Å². The first-order chi connectivity index (χ1) is 14.6. The summed E-state index contributed by atoms with van der Waals surface area (Å²) < 4.78 is 27.3. The highest BCUT2D eigenvalue weighted by Gasteiger charge is 2.28. The molecule has 0 spiro atoms. The molecule has 0 bridgehead atoms. The Labute approximate surface area is 180 Å². The van der Waals surface area contributed by atoms with Gasteiger partial charge < -0.3 is 10.0 Å². The zero-order chi connectivity index (χ0) is 22.8. The Morgan fingerprint density at radius 1 is 1.06 bits per heavy atom. The van der Waals surface area contributed by atoms with Crippen LogP contribution < -0.4 is 9.62 Å². The van der Waals surface area contributed by atoms with Gasteiger partial charge in [0.15, 0.2) is 0 Å². The number of sulfonamides is 1. The average Bonchev–Trinajstić information content (AvgIpc) is 3.22. The van der Waals surface area contributed by atoms with Crippen LogP contribution in [0.1, 0.15) is 13.8 Å². The molecular formula is C20H24N6O4S. The Hall–Kier alpha value is -3.31. The predicted molar refractivity (Wildman–Crippen MR) is 116 cm³/mol. The summed E-state index contributed by atoms with van der Waals surface area (Å²) in [6.45, 7) is 3.26. The molecule has 0 aliphatic heterocycles. The third kappa shape index (κ3) is 5.06. The molecule has 0 amide bonds. The molecule has 1 heterocycles. The van der Waals surface area contributed by atoms with E-state index in [-0.39, 0.29) is 4.90 Å². The maximum atomic E-state index is 12.5. The van der Waals surface area contributed by atoms with Crippen molar-refractivity contribution in [1.82, 2.24) is 24.9 Å². The van der Waals surface area contributed by atoms with Crippen molar-refractivity contribution in [2.75, 3.05) is 19.0 Å². The number of nitrogens with one attached hydrogen (secondary N) is 1. The van der Waals surface area contributed by atoms with E-state index in [1.807, 2.05) is 43.3 Å². The SMILES string of the molecule is CC(C)C(NS(=O)(=O)c1ccc(-n2nnc(-c3ccc(N(C)C)cc3)n2)cc1)C(=O)O. The molecule has 2 N–H and O–H groups in total. The molecule has 0 fully saturated rings. The number of hydrogen-bond donors (Lipinski definition) is 2. The van der Waals surface area contributed by atoms with Crippen LogP contribution in [-0.2, 0) is 14.8 Å². The normalized spacial score (nSPS) is 12.7. The van der Waals surface area contributed by atoms with Crippen LogP contribution in [0, 0.1) is 5.92 Å². The van der Waals surface area contributed by atoms with Gasteiger partial charge in [-0.3, -0.25) is 4.79 Å². The Kier molecular flexibility index (Phi) is 6.37. The second kappa shape index (κ2) is 8.82. The number of carboxylic acid groups (broad SMARTS) is 1. The van der Waals surface area contributed by atoms with Gasteiger partial charge in [0, 0.05) is 25.3 Å². The van der Waals surface area contributed by atoms with Crippen molar-refractivity contribution in [3.8, 4) is 17.1 Å². The first-order valence-electron chi connectivity index (χ1n) is 9.52. The highest BCUT2D eigenvalue weighted by atomic mass is 32.2. The van der Waals surface area contributed by atoms with Gasteiger partial charge in [-0.05, 0) is 59.7 Å². The van der Waals surface area contributed by atoms with Gasteiger partial charge >= 0.3 is 5.97 Å². The summed E-state index contributed by atoms with van der Waals surface area (Å²) in [5, 5.41) is 21.7. The van der Waals surface area contributed by atoms with Gasteiger partial charge in [-0.1, -0.05) is 13.8 Å². The molecule has 0 aliphatic carbocycles. The van der Waals surface area contributed by atoms with E-state index in [9.17, 15) is 18.3 Å². The van der Waals surface area contributed by atoms with Crippen LogP contribution in [0.25, 0.3) is 17.1 Å². The molecule has 164 valence electrons. The first kappa shape index (κ1) is 22.4. The van der Waals surface area contributed by atoms with Crippen LogP contribution in [0.2, 0.25) is 0 Å². The molecule has 0 aliphatic rings. The van der Waals surface area contributed by atoms with Crippen LogP contribution in [0.15, 0.2) is 53.4 Å². The number of anilines is 1. The predicted octanol–water partition coefficient (Wildman–Crippen LogP) is 1.78. The van der Waals surface area contributed by atoms with Gasteiger partial charge in [-0.25, -0.2) is 8.42 Å². The number of benzene rings is 2. The van der Waals surface area contributed by atoms with Gasteiger partial charge in [0.2, 0.25) is 15.8 Å². The molecule has 2 aromatic carbocycles.